The predicted octanol–water partition coefficient (Wildman–Crippen LogP) is 3.11. The Balaban J connectivity index is 3.15. The first-order valence-electron chi connectivity index (χ1n) is 4.99. The van der Waals surface area contributed by atoms with Gasteiger partial charge in [-0.3, -0.25) is 0 Å². The highest BCUT2D eigenvalue weighted by atomic mass is 32.2. The Kier molecular flexibility index (Phi) is 4.69. The number of thioether (sulfide) groups is 1. The lowest BCUT2D eigenvalue weighted by Gasteiger charge is -2.14. The Bertz CT molecular complexity index is 336. The fourth-order valence-electron chi connectivity index (χ4n) is 1.45. The molecule has 15 heavy (non-hydrogen) atoms. The zero-order valence-electron chi connectivity index (χ0n) is 9.32. The van der Waals surface area contributed by atoms with Gasteiger partial charge in [-0.1, -0.05) is 26.0 Å². The van der Waals surface area contributed by atoms with Gasteiger partial charge in [0.2, 0.25) is 0 Å². The fraction of sp³-hybridized carbons (Fsp3) is 0.417. The van der Waals surface area contributed by atoms with Gasteiger partial charge in [0.25, 0.3) is 0 Å². The van der Waals surface area contributed by atoms with Crippen LogP contribution in [0.25, 0.3) is 0 Å². The molecule has 2 nitrogen and oxygen atoms in total. The summed E-state index contributed by atoms with van der Waals surface area (Å²) in [6.07, 6.45) is 0.943. The summed E-state index contributed by atoms with van der Waals surface area (Å²) in [7, 11) is 1.65. The molecule has 0 spiro atoms. The Morgan fingerprint density at radius 3 is 2.80 bits per heavy atom. The molecule has 3 heteroatoms. The molecule has 0 radical (unpaired) electrons. The van der Waals surface area contributed by atoms with Crippen LogP contribution < -0.4 is 4.74 Å². The number of methoxy groups -OCH3 is 1. The van der Waals surface area contributed by atoms with Gasteiger partial charge in [0.1, 0.15) is 12.0 Å². The first-order valence-corrected chi connectivity index (χ1v) is 5.98. The van der Waals surface area contributed by atoms with E-state index in [0.29, 0.717) is 0 Å². The summed E-state index contributed by atoms with van der Waals surface area (Å²) >= 11 is 1.73. The Hall–Kier alpha value is -0.960. The molecule has 0 aliphatic carbocycles. The van der Waals surface area contributed by atoms with Crippen molar-refractivity contribution in [1.29, 1.82) is 0 Å². The monoisotopic (exact) mass is 224 g/mol. The molecule has 1 atom stereocenters. The molecule has 0 aliphatic rings. The van der Waals surface area contributed by atoms with Crippen LogP contribution in [-0.2, 0) is 4.79 Å². The summed E-state index contributed by atoms with van der Waals surface area (Å²) in [6.45, 7) is 3.98. The van der Waals surface area contributed by atoms with E-state index in [4.69, 9.17) is 4.74 Å². The quantitative estimate of drug-likeness (QED) is 0.568. The predicted molar refractivity (Wildman–Crippen MR) is 63.9 cm³/mol. The van der Waals surface area contributed by atoms with E-state index >= 15 is 0 Å². The van der Waals surface area contributed by atoms with E-state index in [1.807, 2.05) is 25.1 Å². The molecule has 0 heterocycles. The lowest BCUT2D eigenvalue weighted by molar-refractivity contribution is -0.108. The van der Waals surface area contributed by atoms with Gasteiger partial charge in [-0.05, 0) is 11.8 Å². The number of rotatable bonds is 5. The number of ether oxygens (including phenoxy) is 1. The van der Waals surface area contributed by atoms with Gasteiger partial charge in [-0.2, -0.15) is 0 Å². The molecule has 0 N–H and O–H groups in total. The highest BCUT2D eigenvalue weighted by Crippen LogP contribution is 2.35. The normalized spacial score (nSPS) is 12.2. The second-order valence-electron chi connectivity index (χ2n) is 3.24. The zero-order valence-corrected chi connectivity index (χ0v) is 10.1. The van der Waals surface area contributed by atoms with Crippen LogP contribution in [0.1, 0.15) is 25.3 Å². The molecule has 0 fully saturated rings. The third-order valence-corrected chi connectivity index (χ3v) is 3.13. The molecule has 0 aliphatic heterocycles. The Morgan fingerprint density at radius 2 is 2.27 bits per heavy atom. The van der Waals surface area contributed by atoms with Gasteiger partial charge in [0.15, 0.2) is 0 Å². The average molecular weight is 224 g/mol. The number of hydrogen-bond donors (Lipinski definition) is 0. The minimum absolute atomic E-state index is 0.114. The van der Waals surface area contributed by atoms with E-state index in [-0.39, 0.29) is 5.92 Å². The highest BCUT2D eigenvalue weighted by molar-refractivity contribution is 7.99. The summed E-state index contributed by atoms with van der Waals surface area (Å²) in [5, 5.41) is 0. The third-order valence-electron chi connectivity index (χ3n) is 2.21. The van der Waals surface area contributed by atoms with E-state index in [1.54, 1.807) is 18.9 Å². The van der Waals surface area contributed by atoms with E-state index in [2.05, 4.69) is 6.92 Å². The molecular formula is C12H16O2S. The van der Waals surface area contributed by atoms with Crippen LogP contribution in [0.4, 0.5) is 0 Å². The maximum absolute atomic E-state index is 10.8. The zero-order chi connectivity index (χ0) is 11.3. The van der Waals surface area contributed by atoms with Crippen molar-refractivity contribution >= 4 is 18.0 Å². The topological polar surface area (TPSA) is 26.3 Å². The molecular weight excluding hydrogens is 208 g/mol. The Morgan fingerprint density at radius 1 is 1.53 bits per heavy atom. The van der Waals surface area contributed by atoms with Crippen LogP contribution in [0, 0.1) is 0 Å². The number of carbonyl (C=O) groups excluding carboxylic acids is 1. The largest absolute Gasteiger partial charge is 0.495 e. The summed E-state index contributed by atoms with van der Waals surface area (Å²) in [6, 6.07) is 5.93. The highest BCUT2D eigenvalue weighted by Gasteiger charge is 2.13. The molecule has 1 unspecified atom stereocenters. The van der Waals surface area contributed by atoms with Crippen molar-refractivity contribution in [3.8, 4) is 5.75 Å². The smallest absolute Gasteiger partial charge is 0.136 e. The van der Waals surface area contributed by atoms with Gasteiger partial charge in [-0.15, -0.1) is 11.8 Å². The van der Waals surface area contributed by atoms with Crippen molar-refractivity contribution in [3.05, 3.63) is 23.8 Å². The summed E-state index contributed by atoms with van der Waals surface area (Å²) in [5.41, 5.74) is 0.964. The van der Waals surface area contributed by atoms with Gasteiger partial charge >= 0.3 is 0 Å². The lowest BCUT2D eigenvalue weighted by Crippen LogP contribution is -1.99. The third kappa shape index (κ3) is 2.75. The first kappa shape index (κ1) is 12.1. The summed E-state index contributed by atoms with van der Waals surface area (Å²) < 4.78 is 5.37. The number of benzene rings is 1. The molecule has 0 aromatic heterocycles. The second-order valence-corrected chi connectivity index (χ2v) is 4.54. The van der Waals surface area contributed by atoms with E-state index in [0.717, 1.165) is 28.2 Å². The number of carbonyl (C=O) groups is 1. The molecule has 0 amide bonds. The van der Waals surface area contributed by atoms with Crippen LogP contribution in [0.15, 0.2) is 23.1 Å². The van der Waals surface area contributed by atoms with Crippen molar-refractivity contribution in [1.82, 2.24) is 0 Å². The maximum Gasteiger partial charge on any atom is 0.136 e. The summed E-state index contributed by atoms with van der Waals surface area (Å²) in [5.74, 6) is 1.72. The van der Waals surface area contributed by atoms with Crippen molar-refractivity contribution in [2.75, 3.05) is 12.9 Å². The van der Waals surface area contributed by atoms with Crippen molar-refractivity contribution in [3.63, 3.8) is 0 Å². The molecule has 1 rings (SSSR count). The molecule has 82 valence electrons. The van der Waals surface area contributed by atoms with Crippen molar-refractivity contribution in [2.24, 2.45) is 0 Å². The van der Waals surface area contributed by atoms with Gasteiger partial charge in [-0.25, -0.2) is 0 Å². The van der Waals surface area contributed by atoms with E-state index in [9.17, 15) is 4.79 Å². The number of hydrogen-bond acceptors (Lipinski definition) is 3. The minimum Gasteiger partial charge on any atom is -0.495 e. The number of para-hydroxylation sites is 1. The van der Waals surface area contributed by atoms with Gasteiger partial charge < -0.3 is 9.53 Å². The standard InChI is InChI=1S/C12H16O2S/c1-4-15-11-7-5-6-10(9(2)8-13)12(11)14-3/h5-9H,4H2,1-3H3. The lowest BCUT2D eigenvalue weighted by atomic mass is 10.0. The fourth-order valence-corrected chi connectivity index (χ4v) is 2.27. The van der Waals surface area contributed by atoms with E-state index < -0.39 is 0 Å². The minimum atomic E-state index is -0.114. The van der Waals surface area contributed by atoms with Crippen molar-refractivity contribution in [2.45, 2.75) is 24.7 Å². The van der Waals surface area contributed by atoms with Crippen LogP contribution in [-0.4, -0.2) is 19.1 Å². The first-order chi connectivity index (χ1) is 7.24. The van der Waals surface area contributed by atoms with Crippen molar-refractivity contribution < 1.29 is 9.53 Å². The molecule has 0 saturated carbocycles. The Labute approximate surface area is 95.0 Å². The van der Waals surface area contributed by atoms with Crippen LogP contribution in [0.5, 0.6) is 5.75 Å². The second kappa shape index (κ2) is 5.81. The van der Waals surface area contributed by atoms with E-state index in [1.165, 1.54) is 0 Å². The summed E-state index contributed by atoms with van der Waals surface area (Å²) in [4.78, 5) is 11.9. The molecule has 0 bridgehead atoms. The van der Waals surface area contributed by atoms with Gasteiger partial charge in [0, 0.05) is 16.4 Å². The number of aldehydes is 1. The SMILES string of the molecule is CCSc1cccc(C(C)C=O)c1OC. The van der Waals surface area contributed by atoms with Gasteiger partial charge in [0.05, 0.1) is 7.11 Å². The maximum atomic E-state index is 10.8. The van der Waals surface area contributed by atoms with Crippen LogP contribution in [0.2, 0.25) is 0 Å². The average Bonchev–Trinajstić information content (AvgIpc) is 2.28. The van der Waals surface area contributed by atoms with Crippen LogP contribution >= 0.6 is 11.8 Å². The molecule has 1 aromatic carbocycles. The van der Waals surface area contributed by atoms with Crippen LogP contribution in [0.3, 0.4) is 0 Å². The molecule has 1 aromatic rings. The molecule has 0 saturated heterocycles.